The Balaban J connectivity index is 1.96. The number of aryl methyl sites for hydroxylation is 1. The van der Waals surface area contributed by atoms with E-state index in [2.05, 4.69) is 5.10 Å². The summed E-state index contributed by atoms with van der Waals surface area (Å²) in [5.74, 6) is -0.168. The van der Waals surface area contributed by atoms with Gasteiger partial charge in [0.05, 0.1) is 20.8 Å². The Bertz CT molecular complexity index is 1290. The number of nitrogens with zero attached hydrogens (tertiary/aromatic N) is 3. The van der Waals surface area contributed by atoms with Crippen molar-refractivity contribution in [2.75, 3.05) is 11.4 Å². The average molecular weight is 490 g/mol. The maximum Gasteiger partial charge on any atom is 0.412 e. The highest BCUT2D eigenvalue weighted by Gasteiger charge is 2.45. The van der Waals surface area contributed by atoms with Crippen LogP contribution in [0, 0.1) is 6.92 Å². The zero-order valence-corrected chi connectivity index (χ0v) is 18.4. The molecule has 0 aliphatic carbocycles. The number of hydrogen-bond acceptors (Lipinski definition) is 4. The lowest BCUT2D eigenvalue weighted by Crippen LogP contribution is -2.47. The quantitative estimate of drug-likeness (QED) is 0.487. The minimum Gasteiger partial charge on any atom is -0.339 e. The summed E-state index contributed by atoms with van der Waals surface area (Å²) in [5, 5.41) is 4.44. The molecule has 1 aromatic heterocycles. The summed E-state index contributed by atoms with van der Waals surface area (Å²) in [6.45, 7) is 1.71. The molecule has 1 aliphatic heterocycles. The molecular weight excluding hydrogens is 474 g/mol. The van der Waals surface area contributed by atoms with E-state index in [1.54, 1.807) is 12.1 Å². The van der Waals surface area contributed by atoms with E-state index in [1.807, 2.05) is 6.92 Å². The predicted octanol–water partition coefficient (Wildman–Crippen LogP) is 5.50. The molecule has 1 aliphatic rings. The SMILES string of the molecule is Cc1ccc(S(=O)(=O)n2nc(N3CCC(Cl)=CC3C(F)(F)F)c3c(Cl)cccc32)cc1. The summed E-state index contributed by atoms with van der Waals surface area (Å²) < 4.78 is 68.6. The third-order valence-corrected chi connectivity index (χ3v) is 7.26. The highest BCUT2D eigenvalue weighted by Crippen LogP contribution is 2.40. The van der Waals surface area contributed by atoms with Crippen molar-refractivity contribution in [2.24, 2.45) is 0 Å². The lowest BCUT2D eigenvalue weighted by atomic mass is 10.1. The van der Waals surface area contributed by atoms with E-state index in [0.717, 1.165) is 20.6 Å². The zero-order chi connectivity index (χ0) is 22.6. The first-order chi connectivity index (χ1) is 14.5. The van der Waals surface area contributed by atoms with Crippen molar-refractivity contribution in [3.8, 4) is 0 Å². The molecule has 0 radical (unpaired) electrons. The van der Waals surface area contributed by atoms with Crippen LogP contribution in [-0.4, -0.2) is 36.4 Å². The largest absolute Gasteiger partial charge is 0.412 e. The van der Waals surface area contributed by atoms with E-state index < -0.39 is 22.2 Å². The molecule has 164 valence electrons. The molecule has 0 fully saturated rings. The Kier molecular flexibility index (Phi) is 5.47. The number of anilines is 1. The first kappa shape index (κ1) is 22.0. The molecule has 1 atom stereocenters. The summed E-state index contributed by atoms with van der Waals surface area (Å²) in [7, 11) is -4.18. The number of hydrogen-bond donors (Lipinski definition) is 0. The second-order valence-corrected chi connectivity index (χ2v) is 9.82. The van der Waals surface area contributed by atoms with Crippen LogP contribution in [0.25, 0.3) is 10.9 Å². The second kappa shape index (κ2) is 7.72. The fourth-order valence-corrected chi connectivity index (χ4v) is 5.23. The Morgan fingerprint density at radius 2 is 1.77 bits per heavy atom. The molecule has 2 aromatic carbocycles. The van der Waals surface area contributed by atoms with Crippen LogP contribution < -0.4 is 4.90 Å². The van der Waals surface area contributed by atoms with E-state index in [1.165, 1.54) is 30.3 Å². The Morgan fingerprint density at radius 3 is 2.42 bits per heavy atom. The fraction of sp³-hybridized carbons (Fsp3) is 0.250. The van der Waals surface area contributed by atoms with Crippen molar-refractivity contribution in [1.82, 2.24) is 9.19 Å². The summed E-state index contributed by atoms with van der Waals surface area (Å²) in [5.41, 5.74) is 0.947. The standard InChI is InChI=1S/C20H16Cl2F3N3O2S/c1-12-5-7-14(8-6-12)31(29,30)28-16-4-2-3-15(22)18(16)19(26-28)27-10-9-13(21)11-17(27)20(23,24)25/h2-8,11,17H,9-10H2,1H3. The van der Waals surface area contributed by atoms with Crippen LogP contribution in [0.4, 0.5) is 19.0 Å². The van der Waals surface area contributed by atoms with Gasteiger partial charge >= 0.3 is 6.18 Å². The molecular formula is C20H16Cl2F3N3O2S. The van der Waals surface area contributed by atoms with Crippen molar-refractivity contribution in [2.45, 2.75) is 30.5 Å². The predicted molar refractivity (Wildman–Crippen MR) is 114 cm³/mol. The normalized spacial score (nSPS) is 17.8. The summed E-state index contributed by atoms with van der Waals surface area (Å²) >= 11 is 12.2. The molecule has 0 amide bonds. The third-order valence-electron chi connectivity index (χ3n) is 5.03. The van der Waals surface area contributed by atoms with Gasteiger partial charge in [0.2, 0.25) is 0 Å². The van der Waals surface area contributed by atoms with Gasteiger partial charge in [0.25, 0.3) is 10.0 Å². The number of fused-ring (bicyclic) bond motifs is 1. The molecule has 0 saturated heterocycles. The molecule has 0 saturated carbocycles. The van der Waals surface area contributed by atoms with Crippen molar-refractivity contribution in [1.29, 1.82) is 0 Å². The maximum absolute atomic E-state index is 13.8. The lowest BCUT2D eigenvalue weighted by molar-refractivity contribution is -0.138. The van der Waals surface area contributed by atoms with Crippen LogP contribution in [0.15, 0.2) is 58.5 Å². The van der Waals surface area contributed by atoms with E-state index >= 15 is 0 Å². The van der Waals surface area contributed by atoms with Crippen molar-refractivity contribution in [3.63, 3.8) is 0 Å². The maximum atomic E-state index is 13.8. The van der Waals surface area contributed by atoms with Crippen LogP contribution in [0.1, 0.15) is 12.0 Å². The molecule has 11 heteroatoms. The van der Waals surface area contributed by atoms with Gasteiger partial charge < -0.3 is 4.90 Å². The van der Waals surface area contributed by atoms with E-state index in [9.17, 15) is 21.6 Å². The van der Waals surface area contributed by atoms with Gasteiger partial charge in [-0.05, 0) is 37.3 Å². The van der Waals surface area contributed by atoms with Gasteiger partial charge in [-0.25, -0.2) is 0 Å². The fourth-order valence-electron chi connectivity index (χ4n) is 3.50. The summed E-state index contributed by atoms with van der Waals surface area (Å²) in [6.07, 6.45) is -3.58. The summed E-state index contributed by atoms with van der Waals surface area (Å²) in [4.78, 5) is 0.948. The molecule has 4 rings (SSSR count). The Morgan fingerprint density at radius 1 is 1.10 bits per heavy atom. The number of halogens is 5. The van der Waals surface area contributed by atoms with Gasteiger partial charge in [-0.2, -0.15) is 25.7 Å². The van der Waals surface area contributed by atoms with Gasteiger partial charge in [0.1, 0.15) is 6.04 Å². The van der Waals surface area contributed by atoms with E-state index in [4.69, 9.17) is 23.2 Å². The third kappa shape index (κ3) is 3.90. The Hall–Kier alpha value is -2.23. The van der Waals surface area contributed by atoms with Gasteiger partial charge in [0, 0.05) is 18.0 Å². The first-order valence-electron chi connectivity index (χ1n) is 9.19. The Labute approximate surface area is 186 Å². The van der Waals surface area contributed by atoms with E-state index in [-0.39, 0.29) is 44.6 Å². The van der Waals surface area contributed by atoms with Crippen LogP contribution in [0.5, 0.6) is 0 Å². The number of alkyl halides is 3. The average Bonchev–Trinajstić information content (AvgIpc) is 3.09. The molecule has 31 heavy (non-hydrogen) atoms. The van der Waals surface area contributed by atoms with Gasteiger partial charge in [-0.15, -0.1) is 5.10 Å². The van der Waals surface area contributed by atoms with Gasteiger partial charge in [-0.1, -0.05) is 47.0 Å². The zero-order valence-electron chi connectivity index (χ0n) is 16.1. The molecule has 1 unspecified atom stereocenters. The highest BCUT2D eigenvalue weighted by molar-refractivity contribution is 7.90. The van der Waals surface area contributed by atoms with Gasteiger partial charge in [0.15, 0.2) is 5.82 Å². The van der Waals surface area contributed by atoms with Crippen molar-refractivity contribution >= 4 is 49.9 Å². The highest BCUT2D eigenvalue weighted by atomic mass is 35.5. The molecule has 3 aromatic rings. The first-order valence-corrected chi connectivity index (χ1v) is 11.4. The molecule has 2 heterocycles. The van der Waals surface area contributed by atoms with Crippen molar-refractivity contribution < 1.29 is 21.6 Å². The molecule has 0 bridgehead atoms. The monoisotopic (exact) mass is 489 g/mol. The lowest BCUT2D eigenvalue weighted by Gasteiger charge is -2.34. The number of rotatable bonds is 3. The molecule has 5 nitrogen and oxygen atoms in total. The minimum absolute atomic E-state index is 0.0389. The second-order valence-electron chi connectivity index (χ2n) is 7.16. The topological polar surface area (TPSA) is 55.2 Å². The number of benzene rings is 2. The minimum atomic E-state index is -4.65. The number of aromatic nitrogens is 2. The van der Waals surface area contributed by atoms with Crippen LogP contribution in [0.2, 0.25) is 5.02 Å². The van der Waals surface area contributed by atoms with Gasteiger partial charge in [-0.3, -0.25) is 0 Å². The van der Waals surface area contributed by atoms with Crippen LogP contribution >= 0.6 is 23.2 Å². The van der Waals surface area contributed by atoms with Crippen molar-refractivity contribution in [3.05, 3.63) is 64.2 Å². The summed E-state index contributed by atoms with van der Waals surface area (Å²) in [6, 6.07) is 8.50. The smallest absolute Gasteiger partial charge is 0.339 e. The molecule has 0 spiro atoms. The van der Waals surface area contributed by atoms with Crippen LogP contribution in [0.3, 0.4) is 0 Å². The van der Waals surface area contributed by atoms with Crippen LogP contribution in [-0.2, 0) is 10.0 Å². The van der Waals surface area contributed by atoms with E-state index in [0.29, 0.717) is 0 Å². The molecule has 0 N–H and O–H groups in total.